The van der Waals surface area contributed by atoms with E-state index in [0.29, 0.717) is 36.3 Å². The molecule has 1 aliphatic carbocycles. The van der Waals surface area contributed by atoms with Crippen LogP contribution < -0.4 is 5.32 Å². The highest BCUT2D eigenvalue weighted by molar-refractivity contribution is 6.03. The second-order valence-electron chi connectivity index (χ2n) is 7.29. The summed E-state index contributed by atoms with van der Waals surface area (Å²) < 4.78 is 5.77. The maximum Gasteiger partial charge on any atom is 0.287 e. The van der Waals surface area contributed by atoms with Gasteiger partial charge in [0.15, 0.2) is 11.5 Å². The molecule has 1 N–H and O–H groups in total. The number of ketones is 1. The Balaban J connectivity index is 1.71. The molecule has 0 saturated carbocycles. The van der Waals surface area contributed by atoms with Gasteiger partial charge in [0.25, 0.3) is 5.91 Å². The van der Waals surface area contributed by atoms with Crippen LogP contribution in [0.25, 0.3) is 0 Å². The number of rotatable bonds is 4. The molecule has 0 unspecified atom stereocenters. The molecular weight excluding hydrogens is 302 g/mol. The SMILES string of the molecule is Cc1c(C(=O)NCCc2ccccc2)oc2c1C(=O)CC(C)(C)C2. The van der Waals surface area contributed by atoms with Crippen LogP contribution in [0, 0.1) is 12.3 Å². The van der Waals surface area contributed by atoms with Gasteiger partial charge in [-0.25, -0.2) is 0 Å². The van der Waals surface area contributed by atoms with Gasteiger partial charge in [-0.1, -0.05) is 44.2 Å². The highest BCUT2D eigenvalue weighted by Gasteiger charge is 2.36. The Kier molecular flexibility index (Phi) is 4.31. The topological polar surface area (TPSA) is 59.3 Å². The van der Waals surface area contributed by atoms with E-state index in [1.165, 1.54) is 5.56 Å². The summed E-state index contributed by atoms with van der Waals surface area (Å²) in [7, 11) is 0. The molecule has 1 aromatic heterocycles. The molecule has 0 saturated heterocycles. The number of benzene rings is 1. The Hall–Kier alpha value is -2.36. The van der Waals surface area contributed by atoms with Gasteiger partial charge in [-0.2, -0.15) is 0 Å². The van der Waals surface area contributed by atoms with Gasteiger partial charge >= 0.3 is 0 Å². The first-order valence-corrected chi connectivity index (χ1v) is 8.35. The number of hydrogen-bond donors (Lipinski definition) is 1. The zero-order valence-corrected chi connectivity index (χ0v) is 14.4. The number of carbonyl (C=O) groups is 2. The molecule has 0 atom stereocenters. The average Bonchev–Trinajstić information content (AvgIpc) is 2.83. The van der Waals surface area contributed by atoms with E-state index in [2.05, 4.69) is 5.32 Å². The normalized spacial score (nSPS) is 15.9. The quantitative estimate of drug-likeness (QED) is 0.932. The molecule has 1 aliphatic rings. The number of hydrogen-bond acceptors (Lipinski definition) is 3. The van der Waals surface area contributed by atoms with Crippen molar-refractivity contribution in [2.24, 2.45) is 5.41 Å². The Morgan fingerprint density at radius 3 is 2.62 bits per heavy atom. The van der Waals surface area contributed by atoms with Crippen LogP contribution in [-0.2, 0) is 12.8 Å². The lowest BCUT2D eigenvalue weighted by Crippen LogP contribution is -2.26. The summed E-state index contributed by atoms with van der Waals surface area (Å²) in [6.07, 6.45) is 1.94. The van der Waals surface area contributed by atoms with Crippen LogP contribution in [0.1, 0.15) is 58.1 Å². The molecular formula is C20H23NO3. The molecule has 1 amide bonds. The van der Waals surface area contributed by atoms with Crippen LogP contribution in [0.15, 0.2) is 34.7 Å². The molecule has 126 valence electrons. The molecule has 1 heterocycles. The molecule has 24 heavy (non-hydrogen) atoms. The zero-order chi connectivity index (χ0) is 17.3. The van der Waals surface area contributed by atoms with E-state index in [0.717, 1.165) is 6.42 Å². The van der Waals surface area contributed by atoms with Gasteiger partial charge in [0.1, 0.15) is 5.76 Å². The number of carbonyl (C=O) groups excluding carboxylic acids is 2. The molecule has 0 radical (unpaired) electrons. The molecule has 0 spiro atoms. The highest BCUT2D eigenvalue weighted by Crippen LogP contribution is 2.38. The first kappa shape index (κ1) is 16.5. The van der Waals surface area contributed by atoms with E-state index < -0.39 is 0 Å². The molecule has 0 bridgehead atoms. The lowest BCUT2D eigenvalue weighted by atomic mass is 9.76. The van der Waals surface area contributed by atoms with Crippen molar-refractivity contribution in [3.05, 3.63) is 58.5 Å². The summed E-state index contributed by atoms with van der Waals surface area (Å²) in [6, 6.07) is 10.00. The summed E-state index contributed by atoms with van der Waals surface area (Å²) in [6.45, 7) is 6.42. The largest absolute Gasteiger partial charge is 0.455 e. The Morgan fingerprint density at radius 2 is 1.92 bits per heavy atom. The predicted molar refractivity (Wildman–Crippen MR) is 92.4 cm³/mol. The fourth-order valence-electron chi connectivity index (χ4n) is 3.34. The Bertz CT molecular complexity index is 772. The van der Waals surface area contributed by atoms with Gasteiger partial charge in [-0.3, -0.25) is 9.59 Å². The monoisotopic (exact) mass is 325 g/mol. The highest BCUT2D eigenvalue weighted by atomic mass is 16.4. The third-order valence-electron chi connectivity index (χ3n) is 4.53. The Labute approximate surface area is 142 Å². The minimum atomic E-state index is -0.247. The van der Waals surface area contributed by atoms with E-state index in [9.17, 15) is 9.59 Å². The van der Waals surface area contributed by atoms with E-state index in [1.54, 1.807) is 6.92 Å². The summed E-state index contributed by atoms with van der Waals surface area (Å²) in [5.41, 5.74) is 2.34. The van der Waals surface area contributed by atoms with Gasteiger partial charge in [-0.15, -0.1) is 0 Å². The van der Waals surface area contributed by atoms with Gasteiger partial charge in [0.2, 0.25) is 0 Å². The molecule has 0 aliphatic heterocycles. The fourth-order valence-corrected chi connectivity index (χ4v) is 3.34. The predicted octanol–water partition coefficient (Wildman–Crippen LogP) is 3.72. The summed E-state index contributed by atoms with van der Waals surface area (Å²) in [5, 5.41) is 2.89. The minimum Gasteiger partial charge on any atom is -0.455 e. The summed E-state index contributed by atoms with van der Waals surface area (Å²) in [4.78, 5) is 24.8. The number of Topliss-reactive ketones (excluding diaryl/α,β-unsaturated/α-hetero) is 1. The number of amides is 1. The van der Waals surface area contributed by atoms with Crippen LogP contribution >= 0.6 is 0 Å². The molecule has 2 aromatic rings. The smallest absolute Gasteiger partial charge is 0.287 e. The van der Waals surface area contributed by atoms with Crippen molar-refractivity contribution in [2.75, 3.05) is 6.54 Å². The third kappa shape index (κ3) is 3.28. The van der Waals surface area contributed by atoms with Gasteiger partial charge in [-0.05, 0) is 24.3 Å². The molecule has 3 rings (SSSR count). The maximum atomic E-state index is 12.4. The first-order valence-electron chi connectivity index (χ1n) is 8.35. The average molecular weight is 325 g/mol. The van der Waals surface area contributed by atoms with E-state index >= 15 is 0 Å². The van der Waals surface area contributed by atoms with Gasteiger partial charge < -0.3 is 9.73 Å². The van der Waals surface area contributed by atoms with Crippen molar-refractivity contribution < 1.29 is 14.0 Å². The number of furan rings is 1. The molecule has 4 heteroatoms. The maximum absolute atomic E-state index is 12.4. The van der Waals surface area contributed by atoms with Crippen LogP contribution in [-0.4, -0.2) is 18.2 Å². The van der Waals surface area contributed by atoms with Crippen molar-refractivity contribution in [1.29, 1.82) is 0 Å². The van der Waals surface area contributed by atoms with E-state index in [1.807, 2.05) is 44.2 Å². The van der Waals surface area contributed by atoms with Crippen molar-refractivity contribution in [2.45, 2.75) is 40.0 Å². The summed E-state index contributed by atoms with van der Waals surface area (Å²) >= 11 is 0. The fraction of sp³-hybridized carbons (Fsp3) is 0.400. The van der Waals surface area contributed by atoms with Crippen molar-refractivity contribution in [1.82, 2.24) is 5.32 Å². The lowest BCUT2D eigenvalue weighted by Gasteiger charge is -2.27. The molecule has 4 nitrogen and oxygen atoms in total. The number of fused-ring (bicyclic) bond motifs is 1. The standard InChI is InChI=1S/C20H23NO3/c1-13-17-15(22)11-20(2,3)12-16(17)24-18(13)19(23)21-10-9-14-7-5-4-6-8-14/h4-8H,9-12H2,1-3H3,(H,21,23). The van der Waals surface area contributed by atoms with Crippen molar-refractivity contribution in [3.63, 3.8) is 0 Å². The number of nitrogens with one attached hydrogen (secondary N) is 1. The summed E-state index contributed by atoms with van der Waals surface area (Å²) in [5.74, 6) is 0.760. The van der Waals surface area contributed by atoms with Gasteiger partial charge in [0, 0.05) is 24.9 Å². The minimum absolute atomic E-state index is 0.0748. The van der Waals surface area contributed by atoms with Crippen LogP contribution in [0.5, 0.6) is 0 Å². The zero-order valence-electron chi connectivity index (χ0n) is 14.4. The van der Waals surface area contributed by atoms with E-state index in [4.69, 9.17) is 4.42 Å². The van der Waals surface area contributed by atoms with E-state index in [-0.39, 0.29) is 22.9 Å². The first-order chi connectivity index (χ1) is 11.4. The third-order valence-corrected chi connectivity index (χ3v) is 4.53. The second kappa shape index (κ2) is 6.27. The van der Waals surface area contributed by atoms with Gasteiger partial charge in [0.05, 0.1) is 5.56 Å². The van der Waals surface area contributed by atoms with Crippen LogP contribution in [0.4, 0.5) is 0 Å². The van der Waals surface area contributed by atoms with Crippen molar-refractivity contribution in [3.8, 4) is 0 Å². The lowest BCUT2D eigenvalue weighted by molar-refractivity contribution is 0.0889. The van der Waals surface area contributed by atoms with Crippen LogP contribution in [0.2, 0.25) is 0 Å². The Morgan fingerprint density at radius 1 is 1.21 bits per heavy atom. The molecule has 1 aromatic carbocycles. The van der Waals surface area contributed by atoms with Crippen LogP contribution in [0.3, 0.4) is 0 Å². The van der Waals surface area contributed by atoms with Crippen molar-refractivity contribution >= 4 is 11.7 Å². The molecule has 0 fully saturated rings. The second-order valence-corrected chi connectivity index (χ2v) is 7.29.